The largest absolute Gasteiger partial charge is 0.466 e. The molecule has 0 amide bonds. The van der Waals surface area contributed by atoms with Crippen molar-refractivity contribution < 1.29 is 23.9 Å². The summed E-state index contributed by atoms with van der Waals surface area (Å²) in [4.78, 5) is 37.2. The number of carbonyl (C=O) groups is 3. The van der Waals surface area contributed by atoms with Crippen molar-refractivity contribution in [3.63, 3.8) is 0 Å². The van der Waals surface area contributed by atoms with E-state index in [2.05, 4.69) is 0 Å². The van der Waals surface area contributed by atoms with Crippen molar-refractivity contribution in [3.8, 4) is 0 Å². The fourth-order valence-electron chi connectivity index (χ4n) is 3.03. The first kappa shape index (κ1) is 17.2. The standard InChI is InChI=1S/C18H22O5/c1-3-22-15(19)10-12-18(17(21)23-4-2)11-9-13-7-5-6-8-14(13)16(18)20/h5-8H,3-4,9-12H2,1-2H3. The van der Waals surface area contributed by atoms with Gasteiger partial charge in [-0.2, -0.15) is 0 Å². The van der Waals surface area contributed by atoms with Crippen molar-refractivity contribution >= 4 is 17.7 Å². The van der Waals surface area contributed by atoms with Gasteiger partial charge in [0.25, 0.3) is 0 Å². The quantitative estimate of drug-likeness (QED) is 0.596. The SMILES string of the molecule is CCOC(=O)CCC1(C(=O)OCC)CCc2ccccc2C1=O. The normalized spacial score (nSPS) is 19.8. The molecule has 0 fully saturated rings. The number of hydrogen-bond donors (Lipinski definition) is 0. The molecule has 1 aromatic rings. The van der Waals surface area contributed by atoms with Crippen molar-refractivity contribution in [3.05, 3.63) is 35.4 Å². The van der Waals surface area contributed by atoms with Gasteiger partial charge in [-0.1, -0.05) is 24.3 Å². The maximum absolute atomic E-state index is 13.0. The van der Waals surface area contributed by atoms with Gasteiger partial charge in [0.2, 0.25) is 0 Å². The molecule has 0 N–H and O–H groups in total. The van der Waals surface area contributed by atoms with Crippen LogP contribution in [0.2, 0.25) is 0 Å². The van der Waals surface area contributed by atoms with E-state index in [1.807, 2.05) is 12.1 Å². The fourth-order valence-corrected chi connectivity index (χ4v) is 3.03. The van der Waals surface area contributed by atoms with E-state index in [1.54, 1.807) is 26.0 Å². The number of Topliss-reactive ketones (excluding diaryl/α,β-unsaturated/α-hetero) is 1. The first-order valence-electron chi connectivity index (χ1n) is 8.00. The minimum absolute atomic E-state index is 0.0283. The molecule has 0 spiro atoms. The number of hydrogen-bond acceptors (Lipinski definition) is 5. The average molecular weight is 318 g/mol. The molecule has 0 bridgehead atoms. The van der Waals surface area contributed by atoms with Crippen LogP contribution in [0.1, 0.15) is 49.0 Å². The van der Waals surface area contributed by atoms with E-state index in [4.69, 9.17) is 9.47 Å². The smallest absolute Gasteiger partial charge is 0.320 e. The summed E-state index contributed by atoms with van der Waals surface area (Å²) in [5, 5.41) is 0. The second kappa shape index (κ2) is 7.40. The van der Waals surface area contributed by atoms with Crippen LogP contribution in [0.25, 0.3) is 0 Å². The number of benzene rings is 1. The molecule has 1 unspecified atom stereocenters. The van der Waals surface area contributed by atoms with Crippen LogP contribution in [0.5, 0.6) is 0 Å². The molecule has 0 aliphatic heterocycles. The molecule has 124 valence electrons. The number of ketones is 1. The number of rotatable bonds is 6. The minimum Gasteiger partial charge on any atom is -0.466 e. The van der Waals surface area contributed by atoms with E-state index in [1.165, 1.54) is 0 Å². The van der Waals surface area contributed by atoms with Crippen LogP contribution in [-0.2, 0) is 25.5 Å². The molecule has 0 radical (unpaired) electrons. The highest BCUT2D eigenvalue weighted by Gasteiger charge is 2.49. The lowest BCUT2D eigenvalue weighted by atomic mass is 9.68. The number of aryl methyl sites for hydroxylation is 1. The first-order valence-corrected chi connectivity index (χ1v) is 8.00. The molecule has 0 saturated heterocycles. The van der Waals surface area contributed by atoms with Gasteiger partial charge in [0, 0.05) is 12.0 Å². The third kappa shape index (κ3) is 3.44. The number of fused-ring (bicyclic) bond motifs is 1. The maximum atomic E-state index is 13.0. The summed E-state index contributed by atoms with van der Waals surface area (Å²) in [7, 11) is 0. The molecular weight excluding hydrogens is 296 g/mol. The van der Waals surface area contributed by atoms with Crippen LogP contribution >= 0.6 is 0 Å². The Bertz CT molecular complexity index is 607. The zero-order valence-electron chi connectivity index (χ0n) is 13.6. The lowest BCUT2D eigenvalue weighted by Crippen LogP contribution is -2.44. The van der Waals surface area contributed by atoms with E-state index < -0.39 is 17.4 Å². The predicted octanol–water partition coefficient (Wildman–Crippen LogP) is 2.71. The molecule has 23 heavy (non-hydrogen) atoms. The van der Waals surface area contributed by atoms with Crippen molar-refractivity contribution in [2.45, 2.75) is 39.5 Å². The van der Waals surface area contributed by atoms with Gasteiger partial charge in [-0.15, -0.1) is 0 Å². The van der Waals surface area contributed by atoms with Crippen LogP contribution in [0.15, 0.2) is 24.3 Å². The first-order chi connectivity index (χ1) is 11.0. The van der Waals surface area contributed by atoms with E-state index in [9.17, 15) is 14.4 Å². The van der Waals surface area contributed by atoms with Gasteiger partial charge < -0.3 is 9.47 Å². The number of ether oxygens (including phenoxy) is 2. The summed E-state index contributed by atoms with van der Waals surface area (Å²) in [6, 6.07) is 7.29. The average Bonchev–Trinajstić information content (AvgIpc) is 2.55. The van der Waals surface area contributed by atoms with Crippen molar-refractivity contribution in [2.75, 3.05) is 13.2 Å². The molecule has 5 nitrogen and oxygen atoms in total. The van der Waals surface area contributed by atoms with Crippen LogP contribution in [0, 0.1) is 5.41 Å². The topological polar surface area (TPSA) is 69.7 Å². The highest BCUT2D eigenvalue weighted by atomic mass is 16.5. The highest BCUT2D eigenvalue weighted by Crippen LogP contribution is 2.40. The maximum Gasteiger partial charge on any atom is 0.320 e. The van der Waals surface area contributed by atoms with Crippen molar-refractivity contribution in [2.24, 2.45) is 5.41 Å². The van der Waals surface area contributed by atoms with Gasteiger partial charge in [-0.25, -0.2) is 0 Å². The molecule has 1 aliphatic rings. The molecule has 0 aromatic heterocycles. The van der Waals surface area contributed by atoms with Gasteiger partial charge in [-0.05, 0) is 38.7 Å². The van der Waals surface area contributed by atoms with Gasteiger partial charge in [0.05, 0.1) is 13.2 Å². The summed E-state index contributed by atoms with van der Waals surface area (Å²) in [5.41, 5.74) is 0.209. The van der Waals surface area contributed by atoms with Crippen LogP contribution in [-0.4, -0.2) is 30.9 Å². The third-order valence-electron chi connectivity index (χ3n) is 4.25. The van der Waals surface area contributed by atoms with Crippen molar-refractivity contribution in [1.29, 1.82) is 0 Å². The molecule has 0 saturated carbocycles. The Labute approximate surface area is 136 Å². The molecule has 5 heteroatoms. The molecule has 2 rings (SSSR count). The Balaban J connectivity index is 2.30. The highest BCUT2D eigenvalue weighted by molar-refractivity contribution is 6.14. The fraction of sp³-hybridized carbons (Fsp3) is 0.500. The van der Waals surface area contributed by atoms with E-state index in [-0.39, 0.29) is 31.8 Å². The zero-order valence-corrected chi connectivity index (χ0v) is 13.6. The van der Waals surface area contributed by atoms with Gasteiger partial charge in [0.1, 0.15) is 5.41 Å². The Morgan fingerprint density at radius 1 is 1.13 bits per heavy atom. The lowest BCUT2D eigenvalue weighted by Gasteiger charge is -2.34. The Morgan fingerprint density at radius 2 is 1.83 bits per heavy atom. The summed E-state index contributed by atoms with van der Waals surface area (Å²) < 4.78 is 10.1. The molecular formula is C18H22O5. The second-order valence-electron chi connectivity index (χ2n) is 5.59. The number of esters is 2. The number of carbonyl (C=O) groups excluding carboxylic acids is 3. The van der Waals surface area contributed by atoms with Gasteiger partial charge in [-0.3, -0.25) is 14.4 Å². The van der Waals surface area contributed by atoms with Crippen LogP contribution < -0.4 is 0 Å². The zero-order chi connectivity index (χ0) is 16.9. The Hall–Kier alpha value is -2.17. The third-order valence-corrected chi connectivity index (χ3v) is 4.25. The lowest BCUT2D eigenvalue weighted by molar-refractivity contribution is -0.154. The summed E-state index contributed by atoms with van der Waals surface area (Å²) >= 11 is 0. The Kier molecular flexibility index (Phi) is 5.53. The molecule has 0 heterocycles. The summed E-state index contributed by atoms with van der Waals surface area (Å²) in [6.45, 7) is 3.91. The minimum atomic E-state index is -1.28. The van der Waals surface area contributed by atoms with E-state index >= 15 is 0 Å². The van der Waals surface area contributed by atoms with Crippen molar-refractivity contribution in [1.82, 2.24) is 0 Å². The van der Waals surface area contributed by atoms with E-state index in [0.717, 1.165) is 5.56 Å². The molecule has 1 aliphatic carbocycles. The monoisotopic (exact) mass is 318 g/mol. The van der Waals surface area contributed by atoms with Gasteiger partial charge in [0.15, 0.2) is 5.78 Å². The molecule has 1 aromatic carbocycles. The second-order valence-corrected chi connectivity index (χ2v) is 5.59. The van der Waals surface area contributed by atoms with E-state index in [0.29, 0.717) is 18.4 Å². The molecule has 1 atom stereocenters. The Morgan fingerprint density at radius 3 is 2.52 bits per heavy atom. The summed E-state index contributed by atoms with van der Waals surface area (Å²) in [5.74, 6) is -1.19. The summed E-state index contributed by atoms with van der Waals surface area (Å²) in [6.07, 6.45) is 1.13. The van der Waals surface area contributed by atoms with Crippen LogP contribution in [0.3, 0.4) is 0 Å². The van der Waals surface area contributed by atoms with Gasteiger partial charge >= 0.3 is 11.9 Å². The van der Waals surface area contributed by atoms with Crippen LogP contribution in [0.4, 0.5) is 0 Å². The predicted molar refractivity (Wildman–Crippen MR) is 84.0 cm³/mol.